The number of benzene rings is 3. The van der Waals surface area contributed by atoms with Gasteiger partial charge < -0.3 is 14.9 Å². The number of rotatable bonds is 9. The first-order valence-corrected chi connectivity index (χ1v) is 16.7. The summed E-state index contributed by atoms with van der Waals surface area (Å²) in [7, 11) is -2.71. The Morgan fingerprint density at radius 1 is 0.907 bits per heavy atom. The molecule has 3 aromatic carbocycles. The van der Waals surface area contributed by atoms with Crippen LogP contribution in [0.2, 0.25) is 5.04 Å². The lowest BCUT2D eigenvalue weighted by Crippen LogP contribution is -2.66. The zero-order valence-electron chi connectivity index (χ0n) is 25.7. The van der Waals surface area contributed by atoms with Gasteiger partial charge >= 0.3 is 6.09 Å². The molecule has 7 nitrogen and oxygen atoms in total. The number of nitrogens with two attached hydrogens (primary N) is 1. The highest BCUT2D eigenvalue weighted by molar-refractivity contribution is 6.99. The third-order valence-corrected chi connectivity index (χ3v) is 13.3. The quantitative estimate of drug-likeness (QED) is 0.280. The van der Waals surface area contributed by atoms with Crippen molar-refractivity contribution in [3.63, 3.8) is 0 Å². The number of anilines is 1. The summed E-state index contributed by atoms with van der Waals surface area (Å²) < 4.78 is 14.1. The summed E-state index contributed by atoms with van der Waals surface area (Å²) in [6.07, 6.45) is 1.57. The number of amides is 1. The molecule has 4 aromatic rings. The maximum atomic E-state index is 13.9. The van der Waals surface area contributed by atoms with Gasteiger partial charge in [-0.15, -0.1) is 0 Å². The van der Waals surface area contributed by atoms with Gasteiger partial charge in [0.25, 0.3) is 13.9 Å². The molecule has 0 unspecified atom stereocenters. The third kappa shape index (κ3) is 5.82. The molecule has 43 heavy (non-hydrogen) atoms. The van der Waals surface area contributed by atoms with E-state index in [1.54, 1.807) is 15.7 Å². The minimum Gasteiger partial charge on any atom is -0.443 e. The van der Waals surface area contributed by atoms with Crippen molar-refractivity contribution in [1.29, 1.82) is 0 Å². The molecule has 5 rings (SSSR count). The SMILES string of the molecule is Cc1cc(N2C[C@H](CN)OC2=O)cc(C)c1-n1cccc(CCO[Si](c2ccccc2)(c2ccccc2)C(C)(C)C)c1=O. The van der Waals surface area contributed by atoms with E-state index in [9.17, 15) is 9.59 Å². The maximum Gasteiger partial charge on any atom is 0.414 e. The molecule has 2 heterocycles. The monoisotopic (exact) mass is 595 g/mol. The Labute approximate surface area is 255 Å². The first-order chi connectivity index (χ1) is 20.6. The Bertz CT molecular complexity index is 1580. The van der Waals surface area contributed by atoms with Gasteiger partial charge in [-0.2, -0.15) is 0 Å². The average molecular weight is 596 g/mol. The molecule has 1 saturated heterocycles. The van der Waals surface area contributed by atoms with Gasteiger partial charge in [0.1, 0.15) is 6.10 Å². The Morgan fingerprint density at radius 2 is 1.49 bits per heavy atom. The van der Waals surface area contributed by atoms with E-state index >= 15 is 0 Å². The number of cyclic esters (lactones) is 1. The molecule has 0 spiro atoms. The molecule has 0 aliphatic carbocycles. The number of hydrogen-bond donors (Lipinski definition) is 1. The van der Waals surface area contributed by atoms with Crippen LogP contribution in [0.25, 0.3) is 5.69 Å². The zero-order chi connectivity index (χ0) is 30.8. The van der Waals surface area contributed by atoms with E-state index in [4.69, 9.17) is 14.9 Å². The second kappa shape index (κ2) is 12.3. The van der Waals surface area contributed by atoms with Crippen LogP contribution in [0.5, 0.6) is 0 Å². The molecule has 1 aromatic heterocycles. The predicted molar refractivity (Wildman–Crippen MR) is 175 cm³/mol. The molecule has 8 heteroatoms. The van der Waals surface area contributed by atoms with Crippen molar-refractivity contribution in [1.82, 2.24) is 4.57 Å². The third-order valence-electron chi connectivity index (χ3n) is 8.30. The van der Waals surface area contributed by atoms with E-state index in [1.165, 1.54) is 10.4 Å². The van der Waals surface area contributed by atoms with Gasteiger partial charge in [0.2, 0.25) is 0 Å². The van der Waals surface area contributed by atoms with Crippen molar-refractivity contribution in [3.05, 3.63) is 118 Å². The second-order valence-corrected chi connectivity index (χ2v) is 16.6. The molecule has 1 amide bonds. The Hall–Kier alpha value is -3.98. The molecule has 1 aliphatic heterocycles. The van der Waals surface area contributed by atoms with Crippen LogP contribution in [0.1, 0.15) is 37.5 Å². The van der Waals surface area contributed by atoms with E-state index in [2.05, 4.69) is 69.3 Å². The van der Waals surface area contributed by atoms with Crippen molar-refractivity contribution < 1.29 is 14.0 Å². The van der Waals surface area contributed by atoms with E-state index in [0.29, 0.717) is 25.1 Å². The lowest BCUT2D eigenvalue weighted by molar-refractivity contribution is 0.145. The molecule has 0 radical (unpaired) electrons. The van der Waals surface area contributed by atoms with Crippen LogP contribution in [0.4, 0.5) is 10.5 Å². The fraction of sp³-hybridized carbons (Fsp3) is 0.314. The van der Waals surface area contributed by atoms with Crippen LogP contribution in [-0.4, -0.2) is 44.8 Å². The molecule has 0 saturated carbocycles. The number of ether oxygens (including phenoxy) is 1. The number of aromatic nitrogens is 1. The Morgan fingerprint density at radius 3 is 2.00 bits per heavy atom. The zero-order valence-corrected chi connectivity index (χ0v) is 26.7. The summed E-state index contributed by atoms with van der Waals surface area (Å²) in [5.74, 6) is 0. The number of carbonyl (C=O) groups is 1. The largest absolute Gasteiger partial charge is 0.443 e. The second-order valence-electron chi connectivity index (χ2n) is 12.3. The summed E-state index contributed by atoms with van der Waals surface area (Å²) in [4.78, 5) is 27.9. The number of carbonyl (C=O) groups excluding carboxylic acids is 1. The first kappa shape index (κ1) is 30.5. The van der Waals surface area contributed by atoms with Crippen LogP contribution in [0.3, 0.4) is 0 Å². The highest BCUT2D eigenvalue weighted by Crippen LogP contribution is 2.37. The van der Waals surface area contributed by atoms with Gasteiger partial charge in [-0.05, 0) is 65.0 Å². The van der Waals surface area contributed by atoms with Crippen LogP contribution < -0.4 is 26.6 Å². The van der Waals surface area contributed by atoms with Crippen molar-refractivity contribution in [2.24, 2.45) is 5.73 Å². The van der Waals surface area contributed by atoms with E-state index < -0.39 is 14.4 Å². The minimum absolute atomic E-state index is 0.0729. The van der Waals surface area contributed by atoms with Crippen molar-refractivity contribution >= 4 is 30.5 Å². The summed E-state index contributed by atoms with van der Waals surface area (Å²) in [5, 5.41) is 2.28. The molecule has 1 fully saturated rings. The van der Waals surface area contributed by atoms with Gasteiger partial charge in [0.15, 0.2) is 0 Å². The van der Waals surface area contributed by atoms with Gasteiger partial charge in [-0.25, -0.2) is 4.79 Å². The molecule has 1 aliphatic rings. The fourth-order valence-electron chi connectivity index (χ4n) is 6.30. The highest BCUT2D eigenvalue weighted by atomic mass is 28.4. The summed E-state index contributed by atoms with van der Waals surface area (Å²) in [5.41, 5.74) is 9.67. The van der Waals surface area contributed by atoms with E-state index in [-0.39, 0.29) is 23.2 Å². The number of aryl methyl sites for hydroxylation is 2. The molecular weight excluding hydrogens is 554 g/mol. The van der Waals surface area contributed by atoms with Gasteiger partial charge in [-0.1, -0.05) is 87.5 Å². The fourth-order valence-corrected chi connectivity index (χ4v) is 10.9. The van der Waals surface area contributed by atoms with Crippen LogP contribution in [-0.2, 0) is 15.6 Å². The molecule has 0 bridgehead atoms. The van der Waals surface area contributed by atoms with Crippen molar-refractivity contribution in [2.75, 3.05) is 24.6 Å². The van der Waals surface area contributed by atoms with Crippen LogP contribution in [0.15, 0.2) is 95.9 Å². The lowest BCUT2D eigenvalue weighted by Gasteiger charge is -2.43. The molecular formula is C35H41N3O4Si. The van der Waals surface area contributed by atoms with Gasteiger partial charge in [0.05, 0.1) is 12.2 Å². The Kier molecular flexibility index (Phi) is 8.73. The van der Waals surface area contributed by atoms with Gasteiger partial charge in [-0.3, -0.25) is 14.3 Å². The molecule has 2 N–H and O–H groups in total. The standard InChI is InChI=1S/C35H41N3O4Si/c1-25-21-28(38-24-29(23-36)42-34(38)40)22-26(2)32(25)37-19-12-13-27(33(37)39)18-20-41-43(35(3,4)5,30-14-8-6-9-15-30)31-16-10-7-11-17-31/h6-17,19,21-22,29H,18,20,23-24,36H2,1-5H3/t29-/m0/s1. The topological polar surface area (TPSA) is 86.8 Å². The average Bonchev–Trinajstić information content (AvgIpc) is 3.37. The maximum absolute atomic E-state index is 13.9. The van der Waals surface area contributed by atoms with E-state index in [1.807, 2.05) is 50.2 Å². The van der Waals surface area contributed by atoms with Crippen molar-refractivity contribution in [2.45, 2.75) is 52.2 Å². The predicted octanol–water partition coefficient (Wildman–Crippen LogP) is 4.86. The van der Waals surface area contributed by atoms with Crippen LogP contribution in [0, 0.1) is 13.8 Å². The Balaban J connectivity index is 1.44. The molecule has 1 atom stereocenters. The molecule has 224 valence electrons. The summed E-state index contributed by atoms with van der Waals surface area (Å²) >= 11 is 0. The summed E-state index contributed by atoms with van der Waals surface area (Å²) in [6, 6.07) is 28.7. The smallest absolute Gasteiger partial charge is 0.414 e. The normalized spacial score (nSPS) is 15.5. The van der Waals surface area contributed by atoms with Gasteiger partial charge in [0, 0.05) is 30.6 Å². The van der Waals surface area contributed by atoms with E-state index in [0.717, 1.165) is 22.5 Å². The number of nitrogens with zero attached hydrogens (tertiary/aromatic N) is 2. The minimum atomic E-state index is -2.71. The lowest BCUT2D eigenvalue weighted by atomic mass is 10.1. The van der Waals surface area contributed by atoms with Crippen LogP contribution >= 0.6 is 0 Å². The number of pyridine rings is 1. The van der Waals surface area contributed by atoms with Crippen molar-refractivity contribution in [3.8, 4) is 5.69 Å². The summed E-state index contributed by atoms with van der Waals surface area (Å²) in [6.45, 7) is 11.8. The number of hydrogen-bond acceptors (Lipinski definition) is 5. The highest BCUT2D eigenvalue weighted by Gasteiger charge is 2.50. The first-order valence-electron chi connectivity index (χ1n) is 14.8.